The summed E-state index contributed by atoms with van der Waals surface area (Å²) in [6, 6.07) is 15.0. The minimum Gasteiger partial charge on any atom is -0.497 e. The molecule has 0 radical (unpaired) electrons. The number of hydrogen-bond donors (Lipinski definition) is 0. The highest BCUT2D eigenvalue weighted by Crippen LogP contribution is 2.24. The second kappa shape index (κ2) is 8.08. The van der Waals surface area contributed by atoms with Gasteiger partial charge in [0.1, 0.15) is 11.5 Å². The van der Waals surface area contributed by atoms with E-state index in [-0.39, 0.29) is 6.61 Å². The number of aromatic nitrogens is 2. The second-order valence-corrected chi connectivity index (χ2v) is 6.21. The first-order chi connectivity index (χ1) is 11.7. The van der Waals surface area contributed by atoms with Crippen molar-refractivity contribution in [2.24, 2.45) is 0 Å². The Morgan fingerprint density at radius 2 is 1.92 bits per heavy atom. The third-order valence-electron chi connectivity index (χ3n) is 3.12. The number of ether oxygens (including phenoxy) is 2. The van der Waals surface area contributed by atoms with Gasteiger partial charge in [0.2, 0.25) is 0 Å². The van der Waals surface area contributed by atoms with E-state index in [1.165, 1.54) is 11.8 Å². The summed E-state index contributed by atoms with van der Waals surface area (Å²) in [6.07, 6.45) is 0. The first kappa shape index (κ1) is 16.7. The molecule has 124 valence electrons. The van der Waals surface area contributed by atoms with E-state index in [0.717, 1.165) is 17.1 Å². The summed E-state index contributed by atoms with van der Waals surface area (Å²) >= 11 is 7.30. The zero-order valence-electron chi connectivity index (χ0n) is 12.9. The lowest BCUT2D eigenvalue weighted by molar-refractivity contribution is 0.252. The summed E-state index contributed by atoms with van der Waals surface area (Å²) < 4.78 is 16.3. The highest BCUT2D eigenvalue weighted by atomic mass is 35.5. The fourth-order valence-corrected chi connectivity index (χ4v) is 2.79. The highest BCUT2D eigenvalue weighted by Gasteiger charge is 2.08. The molecule has 0 spiro atoms. The second-order valence-electron chi connectivity index (χ2n) is 4.84. The zero-order valence-corrected chi connectivity index (χ0v) is 14.5. The number of thioether (sulfide) groups is 1. The van der Waals surface area contributed by atoms with Crippen LogP contribution in [0, 0.1) is 0 Å². The predicted octanol–water partition coefficient (Wildman–Crippen LogP) is 4.60. The maximum Gasteiger partial charge on any atom is 0.277 e. The van der Waals surface area contributed by atoms with Crippen molar-refractivity contribution in [2.45, 2.75) is 17.6 Å². The van der Waals surface area contributed by atoms with Gasteiger partial charge >= 0.3 is 0 Å². The van der Waals surface area contributed by atoms with Crippen LogP contribution in [0.2, 0.25) is 5.02 Å². The largest absolute Gasteiger partial charge is 0.497 e. The van der Waals surface area contributed by atoms with Gasteiger partial charge < -0.3 is 13.9 Å². The molecule has 0 aliphatic carbocycles. The normalized spacial score (nSPS) is 10.6. The first-order valence-electron chi connectivity index (χ1n) is 7.19. The van der Waals surface area contributed by atoms with Gasteiger partial charge in [0.05, 0.1) is 7.11 Å². The van der Waals surface area contributed by atoms with Crippen LogP contribution in [-0.4, -0.2) is 17.3 Å². The van der Waals surface area contributed by atoms with Crippen LogP contribution in [0.4, 0.5) is 0 Å². The highest BCUT2D eigenvalue weighted by molar-refractivity contribution is 7.98. The number of hydrogen-bond acceptors (Lipinski definition) is 6. The Bertz CT molecular complexity index is 793. The van der Waals surface area contributed by atoms with Gasteiger partial charge in [-0.05, 0) is 42.0 Å². The third-order valence-corrected chi connectivity index (χ3v) is 4.26. The Hall–Kier alpha value is -2.18. The van der Waals surface area contributed by atoms with E-state index >= 15 is 0 Å². The van der Waals surface area contributed by atoms with Crippen molar-refractivity contribution in [3.63, 3.8) is 0 Å². The van der Waals surface area contributed by atoms with E-state index in [1.54, 1.807) is 31.4 Å². The fraction of sp³-hybridized carbons (Fsp3) is 0.176. The van der Waals surface area contributed by atoms with Crippen LogP contribution in [0.1, 0.15) is 11.5 Å². The molecule has 3 aromatic rings. The van der Waals surface area contributed by atoms with Gasteiger partial charge in [-0.1, -0.05) is 35.5 Å². The van der Waals surface area contributed by atoms with Crippen LogP contribution < -0.4 is 9.47 Å². The van der Waals surface area contributed by atoms with Gasteiger partial charge in [-0.25, -0.2) is 0 Å². The number of benzene rings is 2. The molecule has 0 fully saturated rings. The molecular weight excluding hydrogens is 348 g/mol. The van der Waals surface area contributed by atoms with Crippen molar-refractivity contribution in [3.8, 4) is 11.5 Å². The molecule has 0 bridgehead atoms. The molecule has 2 aromatic carbocycles. The molecule has 1 heterocycles. The number of nitrogens with zero attached hydrogens (tertiary/aromatic N) is 2. The van der Waals surface area contributed by atoms with E-state index in [4.69, 9.17) is 25.5 Å². The summed E-state index contributed by atoms with van der Waals surface area (Å²) in [5.41, 5.74) is 1.12. The molecule has 0 saturated carbocycles. The van der Waals surface area contributed by atoms with Crippen LogP contribution in [-0.2, 0) is 12.4 Å². The minimum atomic E-state index is 0.217. The number of rotatable bonds is 7. The summed E-state index contributed by atoms with van der Waals surface area (Å²) in [5, 5.41) is 9.17. The fourth-order valence-electron chi connectivity index (χ4n) is 1.94. The van der Waals surface area contributed by atoms with Gasteiger partial charge in [-0.2, -0.15) is 0 Å². The van der Waals surface area contributed by atoms with E-state index in [9.17, 15) is 0 Å². The minimum absolute atomic E-state index is 0.217. The lowest BCUT2D eigenvalue weighted by Gasteiger charge is -2.03. The molecule has 7 heteroatoms. The van der Waals surface area contributed by atoms with Crippen LogP contribution in [0.15, 0.2) is 58.2 Å². The standard InChI is InChI=1S/C17H15ClN2O3S/c1-21-15-4-2-3-12(9-15)11-24-17-20-19-16(23-17)10-22-14-7-5-13(18)6-8-14/h2-9H,10-11H2,1H3. The monoisotopic (exact) mass is 362 g/mol. The first-order valence-corrected chi connectivity index (χ1v) is 8.56. The number of halogens is 1. The maximum absolute atomic E-state index is 5.83. The lowest BCUT2D eigenvalue weighted by atomic mass is 10.2. The lowest BCUT2D eigenvalue weighted by Crippen LogP contribution is -1.95. The summed E-state index contributed by atoms with van der Waals surface area (Å²) in [6.45, 7) is 0.217. The zero-order chi connectivity index (χ0) is 16.8. The van der Waals surface area contributed by atoms with Crippen molar-refractivity contribution in [1.82, 2.24) is 10.2 Å². The van der Waals surface area contributed by atoms with E-state index < -0.39 is 0 Å². The molecule has 1 aromatic heterocycles. The Labute approximate surface area is 148 Å². The van der Waals surface area contributed by atoms with Crippen molar-refractivity contribution >= 4 is 23.4 Å². The topological polar surface area (TPSA) is 57.4 Å². The Morgan fingerprint density at radius 1 is 1.08 bits per heavy atom. The van der Waals surface area contributed by atoms with Gasteiger partial charge in [0.25, 0.3) is 11.1 Å². The summed E-state index contributed by atoms with van der Waals surface area (Å²) in [7, 11) is 1.65. The molecule has 0 saturated heterocycles. The molecular formula is C17H15ClN2O3S. The Kier molecular flexibility index (Phi) is 5.61. The van der Waals surface area contributed by atoms with E-state index in [1.807, 2.05) is 24.3 Å². The molecule has 0 atom stereocenters. The van der Waals surface area contributed by atoms with Crippen molar-refractivity contribution in [2.75, 3.05) is 7.11 Å². The van der Waals surface area contributed by atoms with E-state index in [0.29, 0.717) is 21.9 Å². The third kappa shape index (κ3) is 4.66. The Morgan fingerprint density at radius 3 is 2.71 bits per heavy atom. The molecule has 5 nitrogen and oxygen atoms in total. The van der Waals surface area contributed by atoms with Crippen LogP contribution in [0.3, 0.4) is 0 Å². The average molecular weight is 363 g/mol. The smallest absolute Gasteiger partial charge is 0.277 e. The van der Waals surface area contributed by atoms with Crippen molar-refractivity contribution in [1.29, 1.82) is 0 Å². The molecule has 0 aliphatic heterocycles. The van der Waals surface area contributed by atoms with Gasteiger partial charge in [-0.3, -0.25) is 0 Å². The molecule has 3 rings (SSSR count). The quantitative estimate of drug-likeness (QED) is 0.572. The van der Waals surface area contributed by atoms with E-state index in [2.05, 4.69) is 10.2 Å². The van der Waals surface area contributed by atoms with Gasteiger partial charge in [0.15, 0.2) is 6.61 Å². The molecule has 0 aliphatic rings. The van der Waals surface area contributed by atoms with Gasteiger partial charge in [0, 0.05) is 10.8 Å². The maximum atomic E-state index is 5.83. The molecule has 0 unspecified atom stereocenters. The predicted molar refractivity (Wildman–Crippen MR) is 92.6 cm³/mol. The van der Waals surface area contributed by atoms with Crippen LogP contribution in [0.5, 0.6) is 11.5 Å². The Balaban J connectivity index is 1.52. The van der Waals surface area contributed by atoms with Gasteiger partial charge in [-0.15, -0.1) is 10.2 Å². The number of methoxy groups -OCH3 is 1. The van der Waals surface area contributed by atoms with Crippen molar-refractivity contribution in [3.05, 3.63) is 65.0 Å². The summed E-state index contributed by atoms with van der Waals surface area (Å²) in [5.74, 6) is 2.67. The van der Waals surface area contributed by atoms with Crippen LogP contribution in [0.25, 0.3) is 0 Å². The van der Waals surface area contributed by atoms with Crippen LogP contribution >= 0.6 is 23.4 Å². The summed E-state index contributed by atoms with van der Waals surface area (Å²) in [4.78, 5) is 0. The molecule has 0 amide bonds. The SMILES string of the molecule is COc1cccc(CSc2nnc(COc3ccc(Cl)cc3)o2)c1. The molecule has 0 N–H and O–H groups in total. The van der Waals surface area contributed by atoms with Crippen molar-refractivity contribution < 1.29 is 13.9 Å². The molecule has 24 heavy (non-hydrogen) atoms. The average Bonchev–Trinajstić information content (AvgIpc) is 3.08.